The summed E-state index contributed by atoms with van der Waals surface area (Å²) in [5.74, 6) is 0.422. The first-order valence-electron chi connectivity index (χ1n) is 10.5. The van der Waals surface area contributed by atoms with E-state index in [9.17, 15) is 15.0 Å². The molecule has 2 aliphatic rings. The summed E-state index contributed by atoms with van der Waals surface area (Å²) in [7, 11) is 0. The van der Waals surface area contributed by atoms with Crippen molar-refractivity contribution in [3.63, 3.8) is 0 Å². The molecule has 0 amide bonds. The van der Waals surface area contributed by atoms with Crippen molar-refractivity contribution < 1.29 is 24.9 Å². The second-order valence-electron chi connectivity index (χ2n) is 8.24. The number of aliphatic hydroxyl groups is 2. The number of aliphatic hydroxyl groups excluding tert-OH is 2. The van der Waals surface area contributed by atoms with Crippen LogP contribution in [0.3, 0.4) is 0 Å². The largest absolute Gasteiger partial charge is 0.482 e. The Morgan fingerprint density at radius 3 is 2.89 bits per heavy atom. The fraction of sp³-hybridized carbons (Fsp3) is 0.609. The molecule has 154 valence electrons. The van der Waals surface area contributed by atoms with E-state index in [1.165, 1.54) is 5.56 Å². The van der Waals surface area contributed by atoms with Crippen LogP contribution in [0.25, 0.3) is 0 Å². The van der Waals surface area contributed by atoms with Gasteiger partial charge in [-0.15, -0.1) is 0 Å². The van der Waals surface area contributed by atoms with E-state index in [1.54, 1.807) is 0 Å². The lowest BCUT2D eigenvalue weighted by molar-refractivity contribution is -0.139. The van der Waals surface area contributed by atoms with Crippen molar-refractivity contribution in [1.82, 2.24) is 0 Å². The predicted octanol–water partition coefficient (Wildman–Crippen LogP) is 3.36. The van der Waals surface area contributed by atoms with Crippen LogP contribution in [-0.2, 0) is 17.6 Å². The Labute approximate surface area is 167 Å². The molecule has 0 bridgehead atoms. The number of hydrogen-bond donors (Lipinski definition) is 3. The van der Waals surface area contributed by atoms with Crippen LogP contribution in [0.4, 0.5) is 0 Å². The van der Waals surface area contributed by atoms with E-state index in [0.29, 0.717) is 17.6 Å². The SMILES string of the molecule is CCCCC[C@H](O)/C=C/[C@@H]1[C@H]2Cc3cccc(OCC(=O)O)c3C[C@H]2C[C@H]1O. The molecule has 1 fully saturated rings. The van der Waals surface area contributed by atoms with Crippen molar-refractivity contribution in [2.45, 2.75) is 64.1 Å². The summed E-state index contributed by atoms with van der Waals surface area (Å²) >= 11 is 0. The lowest BCUT2D eigenvalue weighted by Gasteiger charge is -2.31. The van der Waals surface area contributed by atoms with Gasteiger partial charge >= 0.3 is 5.97 Å². The van der Waals surface area contributed by atoms with Crippen molar-refractivity contribution >= 4 is 5.97 Å². The van der Waals surface area contributed by atoms with E-state index in [-0.39, 0.29) is 12.5 Å². The number of ether oxygens (including phenoxy) is 1. The number of carbonyl (C=O) groups is 1. The van der Waals surface area contributed by atoms with E-state index >= 15 is 0 Å². The van der Waals surface area contributed by atoms with Gasteiger partial charge in [-0.3, -0.25) is 0 Å². The van der Waals surface area contributed by atoms with Gasteiger partial charge in [0.05, 0.1) is 12.2 Å². The van der Waals surface area contributed by atoms with E-state index in [2.05, 4.69) is 13.0 Å². The molecule has 28 heavy (non-hydrogen) atoms. The van der Waals surface area contributed by atoms with E-state index < -0.39 is 18.2 Å². The highest BCUT2D eigenvalue weighted by Gasteiger charge is 2.44. The molecule has 2 aliphatic carbocycles. The number of carboxylic acid groups (broad SMARTS) is 1. The van der Waals surface area contributed by atoms with Gasteiger partial charge in [0.2, 0.25) is 0 Å². The third-order valence-electron chi connectivity index (χ3n) is 6.25. The van der Waals surface area contributed by atoms with Gasteiger partial charge in [-0.2, -0.15) is 0 Å². The standard InChI is InChI=1S/C23H32O5/c1-2-3-4-7-17(24)9-10-18-19-11-15-6-5-8-22(28-14-23(26)27)20(15)12-16(19)13-21(18)25/h5-6,8-10,16-19,21,24-25H,2-4,7,11-14H2,1H3,(H,26,27)/b10-9+/t16-,17-,18+,19-,21+/m0/s1. The number of benzene rings is 1. The van der Waals surface area contributed by atoms with E-state index in [1.807, 2.05) is 24.3 Å². The Bertz CT molecular complexity index is 698. The summed E-state index contributed by atoms with van der Waals surface area (Å²) in [5.41, 5.74) is 2.27. The Balaban J connectivity index is 1.69. The first kappa shape index (κ1) is 20.9. The minimum atomic E-state index is -0.981. The van der Waals surface area contributed by atoms with Crippen LogP contribution in [-0.4, -0.2) is 40.1 Å². The Morgan fingerprint density at radius 2 is 2.14 bits per heavy atom. The fourth-order valence-corrected chi connectivity index (χ4v) is 4.83. The monoisotopic (exact) mass is 388 g/mol. The molecule has 0 aromatic heterocycles. The van der Waals surface area contributed by atoms with Crippen LogP contribution in [0.1, 0.15) is 50.2 Å². The minimum Gasteiger partial charge on any atom is -0.482 e. The lowest BCUT2D eigenvalue weighted by Crippen LogP contribution is -2.26. The Morgan fingerprint density at radius 1 is 1.32 bits per heavy atom. The number of carboxylic acids is 1. The van der Waals surface area contributed by atoms with Gasteiger partial charge in [0.15, 0.2) is 6.61 Å². The predicted molar refractivity (Wildman–Crippen MR) is 107 cm³/mol. The molecular weight excluding hydrogens is 356 g/mol. The molecule has 1 aromatic carbocycles. The molecule has 3 N–H and O–H groups in total. The third kappa shape index (κ3) is 4.95. The number of aliphatic carboxylic acids is 1. The van der Waals surface area contributed by atoms with Crippen LogP contribution in [0, 0.1) is 17.8 Å². The van der Waals surface area contributed by atoms with Crippen molar-refractivity contribution in [2.24, 2.45) is 17.8 Å². The molecule has 0 spiro atoms. The van der Waals surface area contributed by atoms with Gasteiger partial charge in [-0.1, -0.05) is 50.5 Å². The van der Waals surface area contributed by atoms with Crippen LogP contribution in [0.2, 0.25) is 0 Å². The second-order valence-corrected chi connectivity index (χ2v) is 8.24. The lowest BCUT2D eigenvalue weighted by atomic mass is 9.74. The summed E-state index contributed by atoms with van der Waals surface area (Å²) in [6.07, 6.45) is 9.51. The zero-order chi connectivity index (χ0) is 20.1. The van der Waals surface area contributed by atoms with Crippen LogP contribution < -0.4 is 4.74 Å². The van der Waals surface area contributed by atoms with E-state index in [4.69, 9.17) is 9.84 Å². The van der Waals surface area contributed by atoms with Crippen molar-refractivity contribution in [1.29, 1.82) is 0 Å². The van der Waals surface area contributed by atoms with Gasteiger partial charge in [-0.25, -0.2) is 4.79 Å². The highest BCUT2D eigenvalue weighted by Crippen LogP contribution is 2.47. The molecule has 0 radical (unpaired) electrons. The maximum absolute atomic E-state index is 10.8. The molecule has 5 nitrogen and oxygen atoms in total. The Hall–Kier alpha value is -1.85. The third-order valence-corrected chi connectivity index (χ3v) is 6.25. The summed E-state index contributed by atoms with van der Waals surface area (Å²) in [5, 5.41) is 29.7. The zero-order valence-corrected chi connectivity index (χ0v) is 16.6. The first-order chi connectivity index (χ1) is 13.5. The molecule has 0 unspecified atom stereocenters. The highest BCUT2D eigenvalue weighted by atomic mass is 16.5. The summed E-state index contributed by atoms with van der Waals surface area (Å²) in [6, 6.07) is 5.81. The molecule has 5 atom stereocenters. The molecule has 1 aromatic rings. The van der Waals surface area contributed by atoms with E-state index in [0.717, 1.165) is 50.5 Å². The maximum atomic E-state index is 10.8. The highest BCUT2D eigenvalue weighted by molar-refractivity contribution is 5.68. The molecular formula is C23H32O5. The quantitative estimate of drug-likeness (QED) is 0.446. The smallest absolute Gasteiger partial charge is 0.341 e. The zero-order valence-electron chi connectivity index (χ0n) is 16.6. The maximum Gasteiger partial charge on any atom is 0.341 e. The van der Waals surface area contributed by atoms with Gasteiger partial charge in [0, 0.05) is 5.92 Å². The molecule has 0 saturated heterocycles. The molecule has 1 saturated carbocycles. The second kappa shape index (κ2) is 9.57. The number of fused-ring (bicyclic) bond motifs is 2. The molecule has 0 heterocycles. The Kier molecular flexibility index (Phi) is 7.13. The first-order valence-corrected chi connectivity index (χ1v) is 10.5. The summed E-state index contributed by atoms with van der Waals surface area (Å²) in [4.78, 5) is 10.8. The van der Waals surface area contributed by atoms with Crippen molar-refractivity contribution in [3.05, 3.63) is 41.5 Å². The molecule has 3 rings (SSSR count). The fourth-order valence-electron chi connectivity index (χ4n) is 4.83. The van der Waals surface area contributed by atoms with Crippen LogP contribution in [0.15, 0.2) is 30.4 Å². The van der Waals surface area contributed by atoms with Crippen LogP contribution in [0.5, 0.6) is 5.75 Å². The number of unbranched alkanes of at least 4 members (excludes halogenated alkanes) is 2. The van der Waals surface area contributed by atoms with Crippen molar-refractivity contribution in [3.8, 4) is 5.75 Å². The van der Waals surface area contributed by atoms with Gasteiger partial charge in [-0.05, 0) is 54.7 Å². The van der Waals surface area contributed by atoms with Gasteiger partial charge < -0.3 is 20.1 Å². The number of rotatable bonds is 9. The normalized spacial score (nSPS) is 27.4. The average Bonchev–Trinajstić information content (AvgIpc) is 2.97. The van der Waals surface area contributed by atoms with Gasteiger partial charge in [0.25, 0.3) is 0 Å². The summed E-state index contributed by atoms with van der Waals surface area (Å²) < 4.78 is 5.48. The number of hydrogen-bond acceptors (Lipinski definition) is 4. The average molecular weight is 389 g/mol. The van der Waals surface area contributed by atoms with Crippen LogP contribution >= 0.6 is 0 Å². The molecule has 0 aliphatic heterocycles. The molecule has 5 heteroatoms. The van der Waals surface area contributed by atoms with Gasteiger partial charge in [0.1, 0.15) is 5.75 Å². The minimum absolute atomic E-state index is 0.0579. The summed E-state index contributed by atoms with van der Waals surface area (Å²) in [6.45, 7) is 1.81. The topological polar surface area (TPSA) is 87.0 Å². The van der Waals surface area contributed by atoms with Crippen molar-refractivity contribution in [2.75, 3.05) is 6.61 Å².